The molecule has 2 unspecified atom stereocenters. The van der Waals surface area contributed by atoms with Gasteiger partial charge in [0.05, 0.1) is 19.3 Å². The van der Waals surface area contributed by atoms with E-state index >= 15 is 0 Å². The Morgan fingerprint density at radius 1 is 1.28 bits per heavy atom. The summed E-state index contributed by atoms with van der Waals surface area (Å²) < 4.78 is 11.5. The van der Waals surface area contributed by atoms with Crippen molar-refractivity contribution in [3.05, 3.63) is 28.2 Å². The predicted molar refractivity (Wildman–Crippen MR) is 76.0 cm³/mol. The van der Waals surface area contributed by atoms with E-state index in [9.17, 15) is 5.11 Å². The van der Waals surface area contributed by atoms with E-state index in [0.29, 0.717) is 6.42 Å². The number of hydrogen-bond donors (Lipinski definition) is 1. The highest BCUT2D eigenvalue weighted by atomic mass is 79.9. The second kappa shape index (κ2) is 7.12. The van der Waals surface area contributed by atoms with Gasteiger partial charge in [-0.25, -0.2) is 0 Å². The summed E-state index contributed by atoms with van der Waals surface area (Å²) in [5.41, 5.74) is 1.02. The second-order valence-electron chi connectivity index (χ2n) is 4.67. The summed E-state index contributed by atoms with van der Waals surface area (Å²) in [6.45, 7) is 4.08. The van der Waals surface area contributed by atoms with Gasteiger partial charge in [-0.2, -0.15) is 0 Å². The third-order valence-electron chi connectivity index (χ3n) is 2.99. The summed E-state index contributed by atoms with van der Waals surface area (Å²) in [6, 6.07) is 5.74. The molecule has 0 saturated carbocycles. The zero-order valence-electron chi connectivity index (χ0n) is 11.3. The van der Waals surface area contributed by atoms with Crippen molar-refractivity contribution in [1.29, 1.82) is 0 Å². The first kappa shape index (κ1) is 15.5. The van der Waals surface area contributed by atoms with Gasteiger partial charge in [0.15, 0.2) is 0 Å². The van der Waals surface area contributed by atoms with Crippen LogP contribution in [0.4, 0.5) is 0 Å². The van der Waals surface area contributed by atoms with Crippen LogP contribution in [0.2, 0.25) is 0 Å². The Morgan fingerprint density at radius 2 is 1.94 bits per heavy atom. The molecule has 0 aliphatic heterocycles. The van der Waals surface area contributed by atoms with E-state index in [1.807, 2.05) is 32.0 Å². The van der Waals surface area contributed by atoms with Crippen molar-refractivity contribution >= 4 is 15.9 Å². The lowest BCUT2D eigenvalue weighted by atomic mass is 9.96. The van der Waals surface area contributed by atoms with Crippen LogP contribution in [0.5, 0.6) is 5.75 Å². The molecule has 18 heavy (non-hydrogen) atoms. The Kier molecular flexibility index (Phi) is 6.12. The largest absolute Gasteiger partial charge is 0.497 e. The number of ether oxygens (including phenoxy) is 2. The number of halogens is 1. The zero-order valence-corrected chi connectivity index (χ0v) is 12.9. The minimum atomic E-state index is -0.529. The second-order valence-corrected chi connectivity index (χ2v) is 5.53. The van der Waals surface area contributed by atoms with Crippen molar-refractivity contribution in [2.75, 3.05) is 14.2 Å². The van der Waals surface area contributed by atoms with Crippen molar-refractivity contribution < 1.29 is 14.6 Å². The van der Waals surface area contributed by atoms with Crippen LogP contribution in [0.15, 0.2) is 22.7 Å². The SMILES string of the molecule is COc1ccc(Br)c(CC(O)C(OC)C(C)C)c1. The molecule has 0 bridgehead atoms. The van der Waals surface area contributed by atoms with E-state index < -0.39 is 6.10 Å². The maximum Gasteiger partial charge on any atom is 0.119 e. The fraction of sp³-hybridized carbons (Fsp3) is 0.571. The van der Waals surface area contributed by atoms with Crippen molar-refractivity contribution in [2.24, 2.45) is 5.92 Å². The molecule has 0 amide bonds. The van der Waals surface area contributed by atoms with Gasteiger partial charge in [-0.3, -0.25) is 0 Å². The van der Waals surface area contributed by atoms with Gasteiger partial charge in [0.1, 0.15) is 5.75 Å². The summed E-state index contributed by atoms with van der Waals surface area (Å²) in [5, 5.41) is 10.2. The van der Waals surface area contributed by atoms with Gasteiger partial charge in [-0.15, -0.1) is 0 Å². The predicted octanol–water partition coefficient (Wildman–Crippen LogP) is 3.03. The fourth-order valence-electron chi connectivity index (χ4n) is 2.05. The lowest BCUT2D eigenvalue weighted by molar-refractivity contribution is -0.0368. The third-order valence-corrected chi connectivity index (χ3v) is 3.76. The van der Waals surface area contributed by atoms with E-state index in [1.165, 1.54) is 0 Å². The van der Waals surface area contributed by atoms with Crippen molar-refractivity contribution in [2.45, 2.75) is 32.5 Å². The standard InChI is InChI=1S/C14H21BrO3/c1-9(2)14(18-4)13(16)8-10-7-11(17-3)5-6-12(10)15/h5-7,9,13-14,16H,8H2,1-4H3. The van der Waals surface area contributed by atoms with E-state index in [-0.39, 0.29) is 12.0 Å². The third kappa shape index (κ3) is 3.97. The van der Waals surface area contributed by atoms with Crippen molar-refractivity contribution in [3.63, 3.8) is 0 Å². The molecular weight excluding hydrogens is 296 g/mol. The molecular formula is C14H21BrO3. The highest BCUT2D eigenvalue weighted by Gasteiger charge is 2.23. The van der Waals surface area contributed by atoms with Gasteiger partial charge in [-0.1, -0.05) is 29.8 Å². The van der Waals surface area contributed by atoms with Crippen molar-refractivity contribution in [1.82, 2.24) is 0 Å². The lowest BCUT2D eigenvalue weighted by Gasteiger charge is -2.25. The van der Waals surface area contributed by atoms with E-state index in [1.54, 1.807) is 14.2 Å². The van der Waals surface area contributed by atoms with E-state index in [4.69, 9.17) is 9.47 Å². The maximum atomic E-state index is 10.2. The Bertz CT molecular complexity index is 379. The fourth-order valence-corrected chi connectivity index (χ4v) is 2.46. The molecule has 0 radical (unpaired) electrons. The summed E-state index contributed by atoms with van der Waals surface area (Å²) in [5.74, 6) is 1.06. The first-order valence-electron chi connectivity index (χ1n) is 6.02. The van der Waals surface area contributed by atoms with Gasteiger partial charge in [0.25, 0.3) is 0 Å². The zero-order chi connectivity index (χ0) is 13.7. The summed E-state index contributed by atoms with van der Waals surface area (Å²) >= 11 is 3.49. The van der Waals surface area contributed by atoms with Crippen LogP contribution in [-0.2, 0) is 11.2 Å². The lowest BCUT2D eigenvalue weighted by Crippen LogP contribution is -2.34. The van der Waals surface area contributed by atoms with Crippen molar-refractivity contribution in [3.8, 4) is 5.75 Å². The molecule has 0 spiro atoms. The molecule has 1 rings (SSSR count). The Morgan fingerprint density at radius 3 is 2.44 bits per heavy atom. The average molecular weight is 317 g/mol. The Hall–Kier alpha value is -0.580. The molecule has 2 atom stereocenters. The van der Waals surface area contributed by atoms with Gasteiger partial charge < -0.3 is 14.6 Å². The van der Waals surface area contributed by atoms with E-state index in [0.717, 1.165) is 15.8 Å². The summed E-state index contributed by atoms with van der Waals surface area (Å²) in [4.78, 5) is 0. The number of benzene rings is 1. The topological polar surface area (TPSA) is 38.7 Å². The number of rotatable bonds is 6. The normalized spacial score (nSPS) is 14.6. The smallest absolute Gasteiger partial charge is 0.119 e. The molecule has 0 aliphatic carbocycles. The maximum absolute atomic E-state index is 10.2. The van der Waals surface area contributed by atoms with Crippen LogP contribution in [-0.4, -0.2) is 31.5 Å². The Labute approximate surface area is 117 Å². The van der Waals surface area contributed by atoms with Gasteiger partial charge in [0, 0.05) is 18.0 Å². The average Bonchev–Trinajstić information content (AvgIpc) is 2.32. The number of aliphatic hydroxyl groups excluding tert-OH is 1. The van der Waals surface area contributed by atoms with Gasteiger partial charge in [0.2, 0.25) is 0 Å². The first-order valence-corrected chi connectivity index (χ1v) is 6.82. The van der Waals surface area contributed by atoms with Crippen LogP contribution in [0.3, 0.4) is 0 Å². The highest BCUT2D eigenvalue weighted by molar-refractivity contribution is 9.10. The molecule has 0 saturated heterocycles. The molecule has 1 aromatic carbocycles. The van der Waals surface area contributed by atoms with Crippen LogP contribution >= 0.6 is 15.9 Å². The molecule has 0 fully saturated rings. The van der Waals surface area contributed by atoms with Gasteiger partial charge >= 0.3 is 0 Å². The van der Waals surface area contributed by atoms with Crippen LogP contribution in [0.1, 0.15) is 19.4 Å². The molecule has 1 aromatic rings. The highest BCUT2D eigenvalue weighted by Crippen LogP contribution is 2.25. The summed E-state index contributed by atoms with van der Waals surface area (Å²) in [6.07, 6.45) is -0.157. The number of aliphatic hydroxyl groups is 1. The molecule has 0 aliphatic rings. The number of methoxy groups -OCH3 is 2. The van der Waals surface area contributed by atoms with Crippen LogP contribution < -0.4 is 4.74 Å². The Balaban J connectivity index is 2.83. The minimum absolute atomic E-state index is 0.164. The number of hydrogen-bond acceptors (Lipinski definition) is 3. The molecule has 1 N–H and O–H groups in total. The quantitative estimate of drug-likeness (QED) is 0.876. The monoisotopic (exact) mass is 316 g/mol. The molecule has 3 nitrogen and oxygen atoms in total. The molecule has 0 aromatic heterocycles. The molecule has 4 heteroatoms. The van der Waals surface area contributed by atoms with Gasteiger partial charge in [-0.05, 0) is 29.7 Å². The first-order chi connectivity index (χ1) is 8.49. The van der Waals surface area contributed by atoms with Crippen LogP contribution in [0, 0.1) is 5.92 Å². The van der Waals surface area contributed by atoms with Crippen LogP contribution in [0.25, 0.3) is 0 Å². The van der Waals surface area contributed by atoms with E-state index in [2.05, 4.69) is 15.9 Å². The molecule has 0 heterocycles. The minimum Gasteiger partial charge on any atom is -0.497 e. The summed E-state index contributed by atoms with van der Waals surface area (Å²) in [7, 11) is 3.27. The molecule has 102 valence electrons.